The van der Waals surface area contributed by atoms with E-state index in [1.54, 1.807) is 7.11 Å². The Hall–Kier alpha value is -1.31. The van der Waals surface area contributed by atoms with Crippen molar-refractivity contribution in [2.75, 3.05) is 7.11 Å². The number of carbonyl (C=O) groups is 1. The van der Waals surface area contributed by atoms with Crippen LogP contribution in [0.1, 0.15) is 60.5 Å². The summed E-state index contributed by atoms with van der Waals surface area (Å²) in [6, 6.07) is 3.99. The maximum Gasteiger partial charge on any atom is 0.166 e. The van der Waals surface area contributed by atoms with Crippen LogP contribution in [0.4, 0.5) is 0 Å². The van der Waals surface area contributed by atoms with Gasteiger partial charge in [0, 0.05) is 11.5 Å². The standard InChI is InChI=1S/C18H26O2/c1-5-14-7-6-8-15(11-14)18(19)16-9-13(3)17(20-4)10-12(16)2/h9-10,14-15H,5-8,11H2,1-4H3. The average molecular weight is 274 g/mol. The Balaban J connectivity index is 2.22. The summed E-state index contributed by atoms with van der Waals surface area (Å²) in [5.74, 6) is 2.16. The summed E-state index contributed by atoms with van der Waals surface area (Å²) >= 11 is 0. The first-order valence-electron chi connectivity index (χ1n) is 7.76. The van der Waals surface area contributed by atoms with Crippen molar-refractivity contribution in [3.05, 3.63) is 28.8 Å². The Bertz CT molecular complexity index is 490. The van der Waals surface area contributed by atoms with Crippen LogP contribution in [0.25, 0.3) is 0 Å². The van der Waals surface area contributed by atoms with Crippen LogP contribution in [0.3, 0.4) is 0 Å². The van der Waals surface area contributed by atoms with Gasteiger partial charge in [-0.3, -0.25) is 4.79 Å². The van der Waals surface area contributed by atoms with Gasteiger partial charge in [-0.25, -0.2) is 0 Å². The fourth-order valence-electron chi connectivity index (χ4n) is 3.39. The number of carbonyl (C=O) groups excluding carboxylic acids is 1. The fourth-order valence-corrected chi connectivity index (χ4v) is 3.39. The molecule has 1 fully saturated rings. The summed E-state index contributed by atoms with van der Waals surface area (Å²) in [5, 5.41) is 0. The highest BCUT2D eigenvalue weighted by molar-refractivity contribution is 5.99. The van der Waals surface area contributed by atoms with E-state index in [4.69, 9.17) is 4.74 Å². The zero-order valence-electron chi connectivity index (χ0n) is 13.2. The SMILES string of the molecule is CCC1CCCC(C(=O)c2cc(C)c(OC)cc2C)C1. The first-order chi connectivity index (χ1) is 9.56. The number of hydrogen-bond acceptors (Lipinski definition) is 2. The fraction of sp³-hybridized carbons (Fsp3) is 0.611. The smallest absolute Gasteiger partial charge is 0.166 e. The van der Waals surface area contributed by atoms with Crippen molar-refractivity contribution >= 4 is 5.78 Å². The second-order valence-corrected chi connectivity index (χ2v) is 6.14. The number of aryl methyl sites for hydroxylation is 2. The summed E-state index contributed by atoms with van der Waals surface area (Å²) < 4.78 is 5.33. The monoisotopic (exact) mass is 274 g/mol. The number of methoxy groups -OCH3 is 1. The first kappa shape index (κ1) is 15.1. The van der Waals surface area contributed by atoms with Gasteiger partial charge in [0.1, 0.15) is 5.75 Å². The molecule has 1 aromatic carbocycles. The molecule has 0 amide bonds. The van der Waals surface area contributed by atoms with Crippen molar-refractivity contribution in [3.8, 4) is 5.75 Å². The first-order valence-corrected chi connectivity index (χ1v) is 7.76. The molecule has 1 aromatic rings. The minimum atomic E-state index is 0.222. The molecule has 0 radical (unpaired) electrons. The van der Waals surface area contributed by atoms with Gasteiger partial charge in [0.25, 0.3) is 0 Å². The lowest BCUT2D eigenvalue weighted by atomic mass is 9.76. The normalized spacial score (nSPS) is 22.6. The minimum absolute atomic E-state index is 0.222. The number of benzene rings is 1. The lowest BCUT2D eigenvalue weighted by molar-refractivity contribution is 0.0861. The third kappa shape index (κ3) is 3.05. The number of rotatable bonds is 4. The molecule has 2 rings (SSSR count). The second-order valence-electron chi connectivity index (χ2n) is 6.14. The maximum atomic E-state index is 12.8. The Morgan fingerprint density at radius 2 is 2.00 bits per heavy atom. The molecule has 110 valence electrons. The van der Waals surface area contributed by atoms with E-state index in [0.29, 0.717) is 5.78 Å². The highest BCUT2D eigenvalue weighted by atomic mass is 16.5. The van der Waals surface area contributed by atoms with E-state index in [1.807, 2.05) is 26.0 Å². The van der Waals surface area contributed by atoms with Crippen molar-refractivity contribution in [2.45, 2.75) is 52.9 Å². The Morgan fingerprint density at radius 3 is 2.65 bits per heavy atom. The molecule has 0 saturated heterocycles. The molecule has 0 aliphatic heterocycles. The molecular weight excluding hydrogens is 248 g/mol. The molecule has 2 nitrogen and oxygen atoms in total. The zero-order valence-corrected chi connectivity index (χ0v) is 13.2. The topological polar surface area (TPSA) is 26.3 Å². The van der Waals surface area contributed by atoms with Gasteiger partial charge in [0.15, 0.2) is 5.78 Å². The maximum absolute atomic E-state index is 12.8. The summed E-state index contributed by atoms with van der Waals surface area (Å²) in [4.78, 5) is 12.8. The van der Waals surface area contributed by atoms with E-state index in [2.05, 4.69) is 6.92 Å². The highest BCUT2D eigenvalue weighted by Gasteiger charge is 2.28. The van der Waals surface area contributed by atoms with Crippen LogP contribution < -0.4 is 4.74 Å². The molecule has 2 atom stereocenters. The molecule has 0 N–H and O–H groups in total. The summed E-state index contributed by atoms with van der Waals surface area (Å²) in [7, 11) is 1.68. The Kier molecular flexibility index (Phi) is 4.85. The van der Waals surface area contributed by atoms with Gasteiger partial charge in [-0.2, -0.15) is 0 Å². The number of hydrogen-bond donors (Lipinski definition) is 0. The van der Waals surface area contributed by atoms with Crippen molar-refractivity contribution in [3.63, 3.8) is 0 Å². The number of Topliss-reactive ketones (excluding diaryl/α,β-unsaturated/α-hetero) is 1. The van der Waals surface area contributed by atoms with E-state index in [9.17, 15) is 4.79 Å². The van der Waals surface area contributed by atoms with Crippen LogP contribution in [0.5, 0.6) is 5.75 Å². The Labute approximate surface area is 122 Å². The van der Waals surface area contributed by atoms with Crippen LogP contribution in [0, 0.1) is 25.7 Å². The van der Waals surface area contributed by atoms with Crippen molar-refractivity contribution in [1.29, 1.82) is 0 Å². The molecule has 0 spiro atoms. The minimum Gasteiger partial charge on any atom is -0.496 e. The quantitative estimate of drug-likeness (QED) is 0.743. The molecule has 1 saturated carbocycles. The molecule has 0 aromatic heterocycles. The number of ether oxygens (including phenoxy) is 1. The Morgan fingerprint density at radius 1 is 1.25 bits per heavy atom. The highest BCUT2D eigenvalue weighted by Crippen LogP contribution is 2.34. The lowest BCUT2D eigenvalue weighted by Gasteiger charge is -2.28. The van der Waals surface area contributed by atoms with E-state index in [-0.39, 0.29) is 5.92 Å². The van der Waals surface area contributed by atoms with Gasteiger partial charge in [-0.1, -0.05) is 26.2 Å². The molecular formula is C18H26O2. The number of ketones is 1. The average Bonchev–Trinajstić information content (AvgIpc) is 2.48. The lowest BCUT2D eigenvalue weighted by Crippen LogP contribution is -2.23. The summed E-state index contributed by atoms with van der Waals surface area (Å²) in [5.41, 5.74) is 2.98. The largest absolute Gasteiger partial charge is 0.496 e. The van der Waals surface area contributed by atoms with E-state index in [0.717, 1.165) is 41.2 Å². The third-order valence-corrected chi connectivity index (χ3v) is 4.74. The molecule has 1 aliphatic rings. The van der Waals surface area contributed by atoms with Crippen LogP contribution >= 0.6 is 0 Å². The summed E-state index contributed by atoms with van der Waals surface area (Å²) in [6.45, 7) is 6.25. The zero-order chi connectivity index (χ0) is 14.7. The van der Waals surface area contributed by atoms with E-state index >= 15 is 0 Å². The van der Waals surface area contributed by atoms with E-state index in [1.165, 1.54) is 19.3 Å². The van der Waals surface area contributed by atoms with Gasteiger partial charge in [0.2, 0.25) is 0 Å². The molecule has 20 heavy (non-hydrogen) atoms. The molecule has 2 unspecified atom stereocenters. The van der Waals surface area contributed by atoms with Gasteiger partial charge >= 0.3 is 0 Å². The van der Waals surface area contributed by atoms with Crippen LogP contribution in [-0.4, -0.2) is 12.9 Å². The molecule has 0 bridgehead atoms. The predicted molar refractivity (Wildman–Crippen MR) is 82.5 cm³/mol. The van der Waals surface area contributed by atoms with Gasteiger partial charge < -0.3 is 4.74 Å². The van der Waals surface area contributed by atoms with Crippen LogP contribution in [0.15, 0.2) is 12.1 Å². The summed E-state index contributed by atoms with van der Waals surface area (Å²) in [6.07, 6.45) is 5.81. The third-order valence-electron chi connectivity index (χ3n) is 4.74. The molecule has 1 aliphatic carbocycles. The molecule has 0 heterocycles. The predicted octanol–water partition coefficient (Wildman–Crippen LogP) is 4.71. The van der Waals surface area contributed by atoms with Crippen molar-refractivity contribution in [2.24, 2.45) is 11.8 Å². The van der Waals surface area contributed by atoms with E-state index < -0.39 is 0 Å². The van der Waals surface area contributed by atoms with Crippen molar-refractivity contribution in [1.82, 2.24) is 0 Å². The second kappa shape index (κ2) is 6.43. The van der Waals surface area contributed by atoms with Gasteiger partial charge in [-0.15, -0.1) is 0 Å². The van der Waals surface area contributed by atoms with Crippen molar-refractivity contribution < 1.29 is 9.53 Å². The van der Waals surface area contributed by atoms with Gasteiger partial charge in [0.05, 0.1) is 7.11 Å². The molecule has 2 heteroatoms. The van der Waals surface area contributed by atoms with Gasteiger partial charge in [-0.05, 0) is 55.9 Å². The van der Waals surface area contributed by atoms with Crippen LogP contribution in [0.2, 0.25) is 0 Å². The van der Waals surface area contributed by atoms with Crippen LogP contribution in [-0.2, 0) is 0 Å².